The van der Waals surface area contributed by atoms with E-state index < -0.39 is 0 Å². The van der Waals surface area contributed by atoms with E-state index in [9.17, 15) is 9.59 Å². The van der Waals surface area contributed by atoms with Gasteiger partial charge in [-0.3, -0.25) is 14.5 Å². The Morgan fingerprint density at radius 3 is 2.31 bits per heavy atom. The second-order valence-corrected chi connectivity index (χ2v) is 8.68. The third-order valence-electron chi connectivity index (χ3n) is 6.55. The third kappa shape index (κ3) is 3.99. The molecule has 2 aromatic carbocycles. The lowest BCUT2D eigenvalue weighted by Gasteiger charge is -2.34. The van der Waals surface area contributed by atoms with Crippen LogP contribution in [0.25, 0.3) is 0 Å². The molecule has 2 aliphatic heterocycles. The molecular weight excluding hydrogens is 360 g/mol. The standard InChI is InChI=1S/C25H30N2O2/c1-17-4-6-20(7-5-17)25(29)27-15-12-21-16-22(8-9-23(21)27)24(28)19(3)26-13-10-18(2)11-14-26/h4-9,16,18-19H,10-15H2,1-3H3/t19-/m1/s1. The van der Waals surface area contributed by atoms with Crippen LogP contribution in [0.3, 0.4) is 0 Å². The Balaban J connectivity index is 1.50. The Labute approximate surface area is 173 Å². The summed E-state index contributed by atoms with van der Waals surface area (Å²) in [5.41, 5.74) is 4.64. The van der Waals surface area contributed by atoms with Crippen LogP contribution >= 0.6 is 0 Å². The molecule has 0 N–H and O–H groups in total. The number of benzene rings is 2. The van der Waals surface area contributed by atoms with Crippen LogP contribution < -0.4 is 4.90 Å². The van der Waals surface area contributed by atoms with Gasteiger partial charge in [0.05, 0.1) is 6.04 Å². The van der Waals surface area contributed by atoms with Gasteiger partial charge >= 0.3 is 0 Å². The molecule has 2 aliphatic rings. The molecule has 0 aliphatic carbocycles. The molecule has 4 nitrogen and oxygen atoms in total. The van der Waals surface area contributed by atoms with Gasteiger partial charge in [0.2, 0.25) is 0 Å². The van der Waals surface area contributed by atoms with Gasteiger partial charge in [-0.15, -0.1) is 0 Å². The van der Waals surface area contributed by atoms with Gasteiger partial charge in [0.1, 0.15) is 0 Å². The summed E-state index contributed by atoms with van der Waals surface area (Å²) in [6.07, 6.45) is 3.12. The van der Waals surface area contributed by atoms with Crippen molar-refractivity contribution in [3.8, 4) is 0 Å². The van der Waals surface area contributed by atoms with E-state index in [1.165, 1.54) is 0 Å². The predicted octanol–water partition coefficient (Wildman–Crippen LogP) is 4.50. The smallest absolute Gasteiger partial charge is 0.258 e. The molecule has 4 heteroatoms. The molecule has 0 spiro atoms. The summed E-state index contributed by atoms with van der Waals surface area (Å²) in [5.74, 6) is 0.967. The van der Waals surface area contributed by atoms with Crippen molar-refractivity contribution in [2.45, 2.75) is 46.1 Å². The minimum atomic E-state index is -0.0905. The zero-order chi connectivity index (χ0) is 20.5. The summed E-state index contributed by atoms with van der Waals surface area (Å²) < 4.78 is 0. The van der Waals surface area contributed by atoms with Crippen LogP contribution in [0.1, 0.15) is 58.5 Å². The maximum atomic E-state index is 13.1. The fraction of sp³-hybridized carbons (Fsp3) is 0.440. The maximum Gasteiger partial charge on any atom is 0.258 e. The average molecular weight is 391 g/mol. The van der Waals surface area contributed by atoms with Crippen molar-refractivity contribution in [2.24, 2.45) is 5.92 Å². The number of carbonyl (C=O) groups is 2. The predicted molar refractivity (Wildman–Crippen MR) is 117 cm³/mol. The van der Waals surface area contributed by atoms with Gasteiger partial charge in [-0.25, -0.2) is 0 Å². The highest BCUT2D eigenvalue weighted by Gasteiger charge is 2.29. The molecule has 1 amide bonds. The topological polar surface area (TPSA) is 40.6 Å². The summed E-state index contributed by atoms with van der Waals surface area (Å²) >= 11 is 0. The number of carbonyl (C=O) groups excluding carboxylic acids is 2. The van der Waals surface area contributed by atoms with Crippen LogP contribution in [0.4, 0.5) is 5.69 Å². The first-order chi connectivity index (χ1) is 13.9. The fourth-order valence-electron chi connectivity index (χ4n) is 4.44. The van der Waals surface area contributed by atoms with Crippen molar-refractivity contribution in [3.05, 3.63) is 64.7 Å². The van der Waals surface area contributed by atoms with Crippen molar-refractivity contribution >= 4 is 17.4 Å². The van der Waals surface area contributed by atoms with Crippen LogP contribution in [0.2, 0.25) is 0 Å². The van der Waals surface area contributed by atoms with E-state index in [0.29, 0.717) is 12.1 Å². The summed E-state index contributed by atoms with van der Waals surface area (Å²) in [6, 6.07) is 13.5. The zero-order valence-corrected chi connectivity index (χ0v) is 17.6. The van der Waals surface area contributed by atoms with E-state index in [1.54, 1.807) is 0 Å². The molecule has 1 saturated heterocycles. The molecule has 2 heterocycles. The molecular formula is C25H30N2O2. The second kappa shape index (κ2) is 8.11. The molecule has 0 saturated carbocycles. The lowest BCUT2D eigenvalue weighted by molar-refractivity contribution is 0.0778. The van der Waals surface area contributed by atoms with Crippen LogP contribution in [0.5, 0.6) is 0 Å². The first kappa shape index (κ1) is 19.8. The molecule has 0 unspecified atom stereocenters. The summed E-state index contributed by atoms with van der Waals surface area (Å²) in [6.45, 7) is 8.99. The number of amides is 1. The normalized spacial score (nSPS) is 18.5. The van der Waals surface area contributed by atoms with Gasteiger partial charge in [0.15, 0.2) is 5.78 Å². The maximum absolute atomic E-state index is 13.1. The number of fused-ring (bicyclic) bond motifs is 1. The van der Waals surface area contributed by atoms with E-state index in [2.05, 4.69) is 11.8 Å². The second-order valence-electron chi connectivity index (χ2n) is 8.68. The Bertz CT molecular complexity index is 911. The van der Waals surface area contributed by atoms with E-state index >= 15 is 0 Å². The van der Waals surface area contributed by atoms with Crippen LogP contribution in [-0.4, -0.2) is 42.3 Å². The van der Waals surface area contributed by atoms with Crippen molar-refractivity contribution in [1.82, 2.24) is 4.90 Å². The number of rotatable bonds is 4. The van der Waals surface area contributed by atoms with Crippen LogP contribution in [0, 0.1) is 12.8 Å². The Kier molecular flexibility index (Phi) is 5.55. The number of hydrogen-bond donors (Lipinski definition) is 0. The van der Waals surface area contributed by atoms with Crippen molar-refractivity contribution in [3.63, 3.8) is 0 Å². The van der Waals surface area contributed by atoms with Crippen molar-refractivity contribution in [2.75, 3.05) is 24.5 Å². The lowest BCUT2D eigenvalue weighted by Crippen LogP contribution is -2.43. The van der Waals surface area contributed by atoms with Gasteiger partial charge < -0.3 is 4.90 Å². The minimum absolute atomic E-state index is 0.0265. The van der Waals surface area contributed by atoms with Gasteiger partial charge in [0.25, 0.3) is 5.91 Å². The van der Waals surface area contributed by atoms with E-state index in [4.69, 9.17) is 0 Å². The SMILES string of the molecule is Cc1ccc(C(=O)N2CCc3cc(C(=O)[C@@H](C)N4CCC(C)CC4)ccc32)cc1. The van der Waals surface area contributed by atoms with Gasteiger partial charge in [-0.1, -0.05) is 24.6 Å². The highest BCUT2D eigenvalue weighted by atomic mass is 16.2. The van der Waals surface area contributed by atoms with E-state index in [1.807, 2.05) is 61.2 Å². The highest BCUT2D eigenvalue weighted by molar-refractivity contribution is 6.08. The molecule has 1 atom stereocenters. The number of ketones is 1. The molecule has 0 bridgehead atoms. The Hall–Kier alpha value is -2.46. The van der Waals surface area contributed by atoms with Crippen molar-refractivity contribution < 1.29 is 9.59 Å². The van der Waals surface area contributed by atoms with Gasteiger partial charge in [-0.2, -0.15) is 0 Å². The Morgan fingerprint density at radius 2 is 1.62 bits per heavy atom. The molecule has 29 heavy (non-hydrogen) atoms. The number of anilines is 1. The summed E-state index contributed by atoms with van der Waals surface area (Å²) in [5, 5.41) is 0. The first-order valence-corrected chi connectivity index (χ1v) is 10.7. The van der Waals surface area contributed by atoms with Gasteiger partial charge in [0, 0.05) is 23.4 Å². The van der Waals surface area contributed by atoms with Crippen LogP contribution in [-0.2, 0) is 6.42 Å². The minimum Gasteiger partial charge on any atom is -0.308 e. The lowest BCUT2D eigenvalue weighted by atomic mass is 9.95. The number of nitrogens with zero attached hydrogens (tertiary/aromatic N) is 2. The average Bonchev–Trinajstić information content (AvgIpc) is 3.16. The number of likely N-dealkylation sites (tertiary alicyclic amines) is 1. The van der Waals surface area contributed by atoms with Crippen LogP contribution in [0.15, 0.2) is 42.5 Å². The first-order valence-electron chi connectivity index (χ1n) is 10.7. The molecule has 2 aromatic rings. The number of hydrogen-bond acceptors (Lipinski definition) is 3. The summed E-state index contributed by atoms with van der Waals surface area (Å²) in [4.78, 5) is 30.2. The van der Waals surface area contributed by atoms with Crippen molar-refractivity contribution in [1.29, 1.82) is 0 Å². The van der Waals surface area contributed by atoms with Gasteiger partial charge in [-0.05, 0) is 88.0 Å². The highest BCUT2D eigenvalue weighted by Crippen LogP contribution is 2.31. The molecule has 4 rings (SSSR count). The number of aryl methyl sites for hydroxylation is 1. The quantitative estimate of drug-likeness (QED) is 0.722. The summed E-state index contributed by atoms with van der Waals surface area (Å²) in [7, 11) is 0. The van der Waals surface area contributed by atoms with E-state index in [0.717, 1.165) is 60.6 Å². The zero-order valence-electron chi connectivity index (χ0n) is 17.6. The molecule has 0 radical (unpaired) electrons. The molecule has 1 fully saturated rings. The van der Waals surface area contributed by atoms with E-state index in [-0.39, 0.29) is 17.7 Å². The fourth-order valence-corrected chi connectivity index (χ4v) is 4.44. The Morgan fingerprint density at radius 1 is 0.966 bits per heavy atom. The monoisotopic (exact) mass is 390 g/mol. The molecule has 0 aromatic heterocycles. The largest absolute Gasteiger partial charge is 0.308 e. The third-order valence-corrected chi connectivity index (χ3v) is 6.55. The number of piperidine rings is 1. The number of Topliss-reactive ketones (excluding diaryl/α,β-unsaturated/α-hetero) is 1. The molecule has 152 valence electrons.